The lowest BCUT2D eigenvalue weighted by molar-refractivity contribution is 0.0176. The number of hydrogen-bond donors (Lipinski definition) is 0. The number of rotatable bonds is 3. The lowest BCUT2D eigenvalue weighted by Crippen LogP contribution is -2.44. The number of ether oxygens (including phenoxy) is 1. The van der Waals surface area contributed by atoms with Crippen LogP contribution in [0.1, 0.15) is 33.6 Å². The summed E-state index contributed by atoms with van der Waals surface area (Å²) < 4.78 is 30.4. The van der Waals surface area contributed by atoms with Crippen LogP contribution in [0.4, 0.5) is 9.18 Å². The Bertz CT molecular complexity index is 574. The molecule has 0 N–H and O–H groups in total. The van der Waals surface area contributed by atoms with Crippen LogP contribution in [-0.2, 0) is 15.5 Å². The van der Waals surface area contributed by atoms with E-state index in [0.717, 1.165) is 25.2 Å². The zero-order valence-corrected chi connectivity index (χ0v) is 14.4. The van der Waals surface area contributed by atoms with E-state index in [1.54, 1.807) is 4.90 Å². The van der Waals surface area contributed by atoms with Gasteiger partial charge in [0, 0.05) is 18.8 Å². The predicted molar refractivity (Wildman–Crippen MR) is 83.8 cm³/mol. The van der Waals surface area contributed by atoms with Crippen molar-refractivity contribution in [3.05, 3.63) is 18.2 Å². The second-order valence-electron chi connectivity index (χ2n) is 6.63. The van der Waals surface area contributed by atoms with Crippen molar-refractivity contribution >= 4 is 16.9 Å². The minimum absolute atomic E-state index is 0.0887. The van der Waals surface area contributed by atoms with Crippen molar-refractivity contribution in [3.8, 4) is 0 Å². The Morgan fingerprint density at radius 2 is 2.09 bits per heavy atom. The normalized spacial score (nSPS) is 20.2. The molecule has 23 heavy (non-hydrogen) atoms. The second-order valence-corrected chi connectivity index (χ2v) is 8.02. The first-order valence-corrected chi connectivity index (χ1v) is 8.90. The fourth-order valence-corrected chi connectivity index (χ4v) is 3.59. The molecule has 0 saturated carbocycles. The molecule has 0 radical (unpaired) electrons. The topological polar surface area (TPSA) is 72.4 Å². The van der Waals surface area contributed by atoms with Gasteiger partial charge in [0.2, 0.25) is 5.16 Å². The van der Waals surface area contributed by atoms with Crippen LogP contribution in [0.25, 0.3) is 0 Å². The van der Waals surface area contributed by atoms with Crippen LogP contribution in [0.5, 0.6) is 0 Å². The lowest BCUT2D eigenvalue weighted by atomic mass is 10.0. The van der Waals surface area contributed by atoms with Crippen molar-refractivity contribution < 1.29 is 18.1 Å². The maximum absolute atomic E-state index is 12.8. The summed E-state index contributed by atoms with van der Waals surface area (Å²) >= 11 is 0. The maximum Gasteiger partial charge on any atom is 0.410 e. The third-order valence-electron chi connectivity index (χ3n) is 3.36. The first kappa shape index (κ1) is 17.8. The molecule has 1 aromatic rings. The number of carbonyl (C=O) groups excluding carboxylic acids is 1. The van der Waals surface area contributed by atoms with Gasteiger partial charge < -0.3 is 9.64 Å². The van der Waals surface area contributed by atoms with E-state index in [-0.39, 0.29) is 17.2 Å². The highest BCUT2D eigenvalue weighted by atomic mass is 32.2. The maximum atomic E-state index is 12.8. The van der Waals surface area contributed by atoms with Gasteiger partial charge in [-0.15, -0.1) is 0 Å². The van der Waals surface area contributed by atoms with Gasteiger partial charge in [-0.3, -0.25) is 4.21 Å². The zero-order chi connectivity index (χ0) is 17.0. The van der Waals surface area contributed by atoms with Gasteiger partial charge in [0.1, 0.15) is 5.60 Å². The molecule has 1 amide bonds. The van der Waals surface area contributed by atoms with Gasteiger partial charge in [0.15, 0.2) is 5.82 Å². The van der Waals surface area contributed by atoms with Crippen LogP contribution in [0.3, 0.4) is 0 Å². The smallest absolute Gasteiger partial charge is 0.410 e. The summed E-state index contributed by atoms with van der Waals surface area (Å²) in [6.07, 6.45) is 3.39. The molecule has 2 rings (SSSR count). The molecule has 2 heterocycles. The molecule has 0 bridgehead atoms. The molecule has 8 heteroatoms. The zero-order valence-electron chi connectivity index (χ0n) is 13.6. The van der Waals surface area contributed by atoms with Gasteiger partial charge in [0.05, 0.1) is 23.2 Å². The number of amides is 1. The van der Waals surface area contributed by atoms with Crippen molar-refractivity contribution in [1.82, 2.24) is 14.9 Å². The van der Waals surface area contributed by atoms with Crippen molar-refractivity contribution in [2.45, 2.75) is 44.4 Å². The van der Waals surface area contributed by atoms with Gasteiger partial charge in [-0.2, -0.15) is 0 Å². The van der Waals surface area contributed by atoms with E-state index < -0.39 is 22.2 Å². The molecule has 0 spiro atoms. The van der Waals surface area contributed by atoms with E-state index >= 15 is 0 Å². The molecule has 1 saturated heterocycles. The van der Waals surface area contributed by atoms with Gasteiger partial charge in [0.25, 0.3) is 0 Å². The summed E-state index contributed by atoms with van der Waals surface area (Å²) in [5.74, 6) is -0.115. The van der Waals surface area contributed by atoms with Crippen LogP contribution in [-0.4, -0.2) is 49.6 Å². The molecule has 1 fully saturated rings. The average Bonchev–Trinajstić information content (AvgIpc) is 2.46. The molecule has 0 aliphatic carbocycles. The number of nitrogens with zero attached hydrogens (tertiary/aromatic N) is 3. The Morgan fingerprint density at radius 3 is 2.70 bits per heavy atom. The molecule has 128 valence electrons. The van der Waals surface area contributed by atoms with Crippen molar-refractivity contribution in [1.29, 1.82) is 0 Å². The van der Waals surface area contributed by atoms with E-state index in [0.29, 0.717) is 18.8 Å². The van der Waals surface area contributed by atoms with Crippen LogP contribution in [0.15, 0.2) is 17.6 Å². The van der Waals surface area contributed by atoms with Gasteiger partial charge >= 0.3 is 6.09 Å². The molecule has 2 atom stereocenters. The quantitative estimate of drug-likeness (QED) is 0.788. The summed E-state index contributed by atoms with van der Waals surface area (Å²) in [5, 5.41) is 0.126. The van der Waals surface area contributed by atoms with E-state index in [1.807, 2.05) is 20.8 Å². The average molecular weight is 343 g/mol. The molecule has 0 unspecified atom stereocenters. The van der Waals surface area contributed by atoms with Gasteiger partial charge in [-0.05, 0) is 39.5 Å². The molecule has 0 aromatic carbocycles. The SMILES string of the molecule is CC(C)(C)OC(=O)N1CCC[C@@H](C[S@@](=O)c2ncc(F)cn2)C1. The number of likely N-dealkylation sites (tertiary alicyclic amines) is 1. The van der Waals surface area contributed by atoms with E-state index in [1.165, 1.54) is 0 Å². The number of hydrogen-bond acceptors (Lipinski definition) is 5. The first-order chi connectivity index (χ1) is 10.7. The van der Waals surface area contributed by atoms with Gasteiger partial charge in [-0.25, -0.2) is 19.2 Å². The predicted octanol–water partition coefficient (Wildman–Crippen LogP) is 2.37. The van der Waals surface area contributed by atoms with Crippen LogP contribution < -0.4 is 0 Å². The minimum atomic E-state index is -1.40. The molecular formula is C15H22FN3O3S. The summed E-state index contributed by atoms with van der Waals surface area (Å²) in [6, 6.07) is 0. The minimum Gasteiger partial charge on any atom is -0.444 e. The van der Waals surface area contributed by atoms with Crippen molar-refractivity contribution in [2.75, 3.05) is 18.8 Å². The van der Waals surface area contributed by atoms with E-state index in [4.69, 9.17) is 4.74 Å². The molecule has 1 aliphatic rings. The Morgan fingerprint density at radius 1 is 1.43 bits per heavy atom. The number of aromatic nitrogens is 2. The van der Waals surface area contributed by atoms with Crippen molar-refractivity contribution in [3.63, 3.8) is 0 Å². The Labute approximate surface area is 137 Å². The lowest BCUT2D eigenvalue weighted by Gasteiger charge is -2.33. The highest BCUT2D eigenvalue weighted by molar-refractivity contribution is 7.84. The van der Waals surface area contributed by atoms with Gasteiger partial charge in [-0.1, -0.05) is 0 Å². The monoisotopic (exact) mass is 343 g/mol. The third-order valence-corrected chi connectivity index (χ3v) is 4.75. The highest BCUT2D eigenvalue weighted by Gasteiger charge is 2.29. The standard InChI is InChI=1S/C15H22FN3O3S/c1-15(2,3)22-14(20)19-6-4-5-11(9-19)10-23(21)13-17-7-12(16)8-18-13/h7-8,11H,4-6,9-10H2,1-3H3/t11-,23-/m1/s1. The Balaban J connectivity index is 1.92. The Hall–Kier alpha value is -1.57. The van der Waals surface area contributed by atoms with E-state index in [2.05, 4.69) is 9.97 Å². The molecule has 6 nitrogen and oxygen atoms in total. The van der Waals surface area contributed by atoms with Crippen molar-refractivity contribution in [2.24, 2.45) is 5.92 Å². The second kappa shape index (κ2) is 7.33. The number of piperidine rings is 1. The van der Waals surface area contributed by atoms with Crippen LogP contribution >= 0.6 is 0 Å². The highest BCUT2D eigenvalue weighted by Crippen LogP contribution is 2.21. The first-order valence-electron chi connectivity index (χ1n) is 7.58. The molecule has 1 aliphatic heterocycles. The largest absolute Gasteiger partial charge is 0.444 e. The van der Waals surface area contributed by atoms with Crippen LogP contribution in [0.2, 0.25) is 0 Å². The Kier molecular flexibility index (Phi) is 5.67. The summed E-state index contributed by atoms with van der Waals surface area (Å²) in [5.41, 5.74) is -0.533. The van der Waals surface area contributed by atoms with Crippen LogP contribution in [0, 0.1) is 11.7 Å². The summed E-state index contributed by atoms with van der Waals surface area (Å²) in [4.78, 5) is 21.3. The summed E-state index contributed by atoms with van der Waals surface area (Å²) in [6.45, 7) is 6.63. The number of halogens is 1. The molecule has 1 aromatic heterocycles. The fraction of sp³-hybridized carbons (Fsp3) is 0.667. The third kappa shape index (κ3) is 5.53. The van der Waals surface area contributed by atoms with E-state index in [9.17, 15) is 13.4 Å². The fourth-order valence-electron chi connectivity index (χ4n) is 2.40. The number of carbonyl (C=O) groups is 1. The summed E-state index contributed by atoms with van der Waals surface area (Å²) in [7, 11) is -1.40. The molecular weight excluding hydrogens is 321 g/mol.